The Labute approximate surface area is 136 Å². The van der Waals surface area contributed by atoms with Gasteiger partial charge in [0.2, 0.25) is 0 Å². The first-order chi connectivity index (χ1) is 10.3. The van der Waals surface area contributed by atoms with Gasteiger partial charge in [-0.1, -0.05) is 12.1 Å². The van der Waals surface area contributed by atoms with Gasteiger partial charge in [0.05, 0.1) is 31.5 Å². The van der Waals surface area contributed by atoms with Crippen molar-refractivity contribution in [3.05, 3.63) is 50.9 Å². The molecular formula is C15H16IN3O2. The zero-order valence-electron chi connectivity index (χ0n) is 11.5. The predicted molar refractivity (Wildman–Crippen MR) is 87.1 cm³/mol. The highest BCUT2D eigenvalue weighted by Gasteiger charge is 2.15. The number of nitrogens with zero attached hydrogens (tertiary/aromatic N) is 2. The molecular weight excluding hydrogens is 381 g/mol. The SMILES string of the molecule is O=C(NCCn1ncc2c1CCOC2)c1ccccc1I. The van der Waals surface area contributed by atoms with E-state index in [0.29, 0.717) is 25.3 Å². The Morgan fingerprint density at radius 1 is 1.43 bits per heavy atom. The lowest BCUT2D eigenvalue weighted by molar-refractivity contribution is 0.0949. The summed E-state index contributed by atoms with van der Waals surface area (Å²) in [5.41, 5.74) is 3.10. The molecule has 1 aliphatic heterocycles. The highest BCUT2D eigenvalue weighted by Crippen LogP contribution is 2.15. The summed E-state index contributed by atoms with van der Waals surface area (Å²) in [5.74, 6) is -0.0376. The molecule has 0 aliphatic carbocycles. The van der Waals surface area contributed by atoms with E-state index in [0.717, 1.165) is 22.2 Å². The van der Waals surface area contributed by atoms with Crippen molar-refractivity contribution >= 4 is 28.5 Å². The van der Waals surface area contributed by atoms with E-state index in [-0.39, 0.29) is 5.91 Å². The van der Waals surface area contributed by atoms with Crippen molar-refractivity contribution < 1.29 is 9.53 Å². The van der Waals surface area contributed by atoms with Crippen molar-refractivity contribution in [2.24, 2.45) is 0 Å². The van der Waals surface area contributed by atoms with Crippen LogP contribution in [0.1, 0.15) is 21.6 Å². The highest BCUT2D eigenvalue weighted by atomic mass is 127. The summed E-state index contributed by atoms with van der Waals surface area (Å²) in [4.78, 5) is 12.1. The smallest absolute Gasteiger partial charge is 0.252 e. The molecule has 0 fully saturated rings. The molecule has 1 N–H and O–H groups in total. The molecule has 0 unspecified atom stereocenters. The number of fused-ring (bicyclic) bond motifs is 1. The molecule has 1 aliphatic rings. The minimum Gasteiger partial charge on any atom is -0.376 e. The summed E-state index contributed by atoms with van der Waals surface area (Å²) in [5, 5.41) is 7.32. The van der Waals surface area contributed by atoms with Gasteiger partial charge in [0.1, 0.15) is 0 Å². The van der Waals surface area contributed by atoms with Gasteiger partial charge in [-0.05, 0) is 34.7 Å². The quantitative estimate of drug-likeness (QED) is 0.804. The zero-order chi connectivity index (χ0) is 14.7. The molecule has 0 saturated carbocycles. The van der Waals surface area contributed by atoms with Gasteiger partial charge < -0.3 is 10.1 Å². The third-order valence-corrected chi connectivity index (χ3v) is 4.44. The summed E-state index contributed by atoms with van der Waals surface area (Å²) in [6.07, 6.45) is 2.75. The van der Waals surface area contributed by atoms with Crippen molar-refractivity contribution in [3.8, 4) is 0 Å². The molecule has 0 saturated heterocycles. The van der Waals surface area contributed by atoms with Crippen LogP contribution in [-0.4, -0.2) is 28.8 Å². The summed E-state index contributed by atoms with van der Waals surface area (Å²) in [7, 11) is 0. The van der Waals surface area contributed by atoms with Gasteiger partial charge in [-0.2, -0.15) is 5.10 Å². The second-order valence-corrected chi connectivity index (χ2v) is 6.04. The Morgan fingerprint density at radius 2 is 2.29 bits per heavy atom. The first-order valence-electron chi connectivity index (χ1n) is 6.90. The fourth-order valence-electron chi connectivity index (χ4n) is 2.42. The van der Waals surface area contributed by atoms with E-state index in [1.165, 1.54) is 5.69 Å². The predicted octanol–water partition coefficient (Wildman–Crippen LogP) is 1.99. The van der Waals surface area contributed by atoms with E-state index < -0.39 is 0 Å². The summed E-state index contributed by atoms with van der Waals surface area (Å²) in [6, 6.07) is 7.57. The topological polar surface area (TPSA) is 56.2 Å². The van der Waals surface area contributed by atoms with Crippen LogP contribution in [-0.2, 0) is 24.3 Å². The Bertz CT molecular complexity index is 654. The number of carbonyl (C=O) groups excluding carboxylic acids is 1. The summed E-state index contributed by atoms with van der Waals surface area (Å²) in [6.45, 7) is 2.64. The lowest BCUT2D eigenvalue weighted by Gasteiger charge is -2.15. The molecule has 2 aromatic rings. The largest absolute Gasteiger partial charge is 0.376 e. The maximum absolute atomic E-state index is 12.1. The molecule has 5 nitrogen and oxygen atoms in total. The molecule has 0 spiro atoms. The van der Waals surface area contributed by atoms with Crippen LogP contribution >= 0.6 is 22.6 Å². The van der Waals surface area contributed by atoms with E-state index in [9.17, 15) is 4.79 Å². The summed E-state index contributed by atoms with van der Waals surface area (Å²) >= 11 is 2.17. The maximum Gasteiger partial charge on any atom is 0.252 e. The molecule has 110 valence electrons. The lowest BCUT2D eigenvalue weighted by Crippen LogP contribution is -2.29. The second-order valence-electron chi connectivity index (χ2n) is 4.88. The fourth-order valence-corrected chi connectivity index (χ4v) is 3.05. The standard InChI is InChI=1S/C15H16IN3O2/c16-13-4-2-1-3-12(13)15(20)17-6-7-19-14-5-8-21-10-11(14)9-18-19/h1-4,9H,5-8,10H2,(H,17,20). The van der Waals surface area contributed by atoms with Crippen LogP contribution in [0.25, 0.3) is 0 Å². The number of halogens is 1. The van der Waals surface area contributed by atoms with E-state index in [1.807, 2.05) is 35.1 Å². The lowest BCUT2D eigenvalue weighted by atomic mass is 10.2. The third-order valence-electron chi connectivity index (χ3n) is 3.50. The number of aromatic nitrogens is 2. The van der Waals surface area contributed by atoms with Crippen LogP contribution in [0.2, 0.25) is 0 Å². The molecule has 2 heterocycles. The van der Waals surface area contributed by atoms with Crippen LogP contribution in [0.4, 0.5) is 0 Å². The maximum atomic E-state index is 12.1. The first-order valence-corrected chi connectivity index (χ1v) is 7.97. The minimum atomic E-state index is -0.0376. The first kappa shape index (κ1) is 14.5. The molecule has 0 bridgehead atoms. The molecule has 0 atom stereocenters. The van der Waals surface area contributed by atoms with Gasteiger partial charge in [-0.3, -0.25) is 9.48 Å². The number of rotatable bonds is 4. The summed E-state index contributed by atoms with van der Waals surface area (Å²) < 4.78 is 8.32. The zero-order valence-corrected chi connectivity index (χ0v) is 13.7. The number of carbonyl (C=O) groups is 1. The average molecular weight is 397 g/mol. The van der Waals surface area contributed by atoms with Gasteiger partial charge >= 0.3 is 0 Å². The number of hydrogen-bond acceptors (Lipinski definition) is 3. The third kappa shape index (κ3) is 3.26. The van der Waals surface area contributed by atoms with Crippen LogP contribution < -0.4 is 5.32 Å². The van der Waals surface area contributed by atoms with E-state index in [2.05, 4.69) is 33.0 Å². The van der Waals surface area contributed by atoms with E-state index >= 15 is 0 Å². The van der Waals surface area contributed by atoms with Crippen LogP contribution in [0.3, 0.4) is 0 Å². The fraction of sp³-hybridized carbons (Fsp3) is 0.333. The van der Waals surface area contributed by atoms with Crippen LogP contribution in [0.15, 0.2) is 30.5 Å². The van der Waals surface area contributed by atoms with E-state index in [4.69, 9.17) is 4.74 Å². The molecule has 21 heavy (non-hydrogen) atoms. The van der Waals surface area contributed by atoms with Crippen molar-refractivity contribution in [2.45, 2.75) is 19.6 Å². The molecule has 0 radical (unpaired) electrons. The highest BCUT2D eigenvalue weighted by molar-refractivity contribution is 14.1. The molecule has 6 heteroatoms. The van der Waals surface area contributed by atoms with Crippen molar-refractivity contribution in [2.75, 3.05) is 13.2 Å². The normalized spacial score (nSPS) is 13.8. The molecule has 1 aromatic carbocycles. The van der Waals surface area contributed by atoms with E-state index in [1.54, 1.807) is 0 Å². The van der Waals surface area contributed by atoms with Gasteiger partial charge in [-0.25, -0.2) is 0 Å². The number of ether oxygens (including phenoxy) is 1. The second kappa shape index (κ2) is 6.57. The van der Waals surface area contributed by atoms with Gasteiger partial charge in [0, 0.05) is 27.8 Å². The number of amides is 1. The minimum absolute atomic E-state index is 0.0376. The van der Waals surface area contributed by atoms with Gasteiger partial charge in [0.25, 0.3) is 5.91 Å². The van der Waals surface area contributed by atoms with Crippen molar-refractivity contribution in [3.63, 3.8) is 0 Å². The average Bonchev–Trinajstić information content (AvgIpc) is 2.91. The van der Waals surface area contributed by atoms with Crippen LogP contribution in [0.5, 0.6) is 0 Å². The molecule has 3 rings (SSSR count). The Balaban J connectivity index is 1.58. The molecule has 1 aromatic heterocycles. The van der Waals surface area contributed by atoms with Crippen molar-refractivity contribution in [1.29, 1.82) is 0 Å². The number of hydrogen-bond donors (Lipinski definition) is 1. The number of benzene rings is 1. The van der Waals surface area contributed by atoms with Gasteiger partial charge in [-0.15, -0.1) is 0 Å². The Kier molecular flexibility index (Phi) is 4.54. The Hall–Kier alpha value is -1.41. The molecule has 1 amide bonds. The monoisotopic (exact) mass is 397 g/mol. The number of nitrogens with one attached hydrogen (secondary N) is 1. The van der Waals surface area contributed by atoms with Gasteiger partial charge in [0.15, 0.2) is 0 Å². The Morgan fingerprint density at radius 3 is 3.14 bits per heavy atom. The van der Waals surface area contributed by atoms with Crippen LogP contribution in [0, 0.1) is 3.57 Å². The van der Waals surface area contributed by atoms with Crippen molar-refractivity contribution in [1.82, 2.24) is 15.1 Å².